The Balaban J connectivity index is 2.86. The van der Waals surface area contributed by atoms with Crippen molar-refractivity contribution in [1.29, 1.82) is 0 Å². The summed E-state index contributed by atoms with van der Waals surface area (Å²) < 4.78 is 12.0. The lowest BCUT2D eigenvalue weighted by Crippen LogP contribution is -2.20. The normalized spacial score (nSPS) is 16.1. The second-order valence-corrected chi connectivity index (χ2v) is 5.58. The van der Waals surface area contributed by atoms with Gasteiger partial charge in [0.25, 0.3) is 0 Å². The van der Waals surface area contributed by atoms with Crippen LogP contribution in [0.25, 0.3) is 0 Å². The van der Waals surface area contributed by atoms with E-state index in [1.54, 1.807) is 0 Å². The van der Waals surface area contributed by atoms with Crippen LogP contribution in [0.1, 0.15) is 39.7 Å². The van der Waals surface area contributed by atoms with Crippen molar-refractivity contribution in [3.05, 3.63) is 27.3 Å². The Morgan fingerprint density at radius 3 is 2.56 bits per heavy atom. The smallest absolute Gasteiger partial charge is 0.197 e. The van der Waals surface area contributed by atoms with Crippen LogP contribution in [0.3, 0.4) is 0 Å². The van der Waals surface area contributed by atoms with Crippen molar-refractivity contribution in [3.8, 4) is 5.75 Å². The molecule has 2 atom stereocenters. The zero-order chi connectivity index (χ0) is 13.8. The van der Waals surface area contributed by atoms with E-state index in [-0.39, 0.29) is 6.29 Å². The van der Waals surface area contributed by atoms with Crippen LogP contribution in [0, 0.1) is 3.57 Å². The van der Waals surface area contributed by atoms with E-state index in [0.717, 1.165) is 14.9 Å². The molecular formula is C14H21IO3. The lowest BCUT2D eigenvalue weighted by Gasteiger charge is -2.23. The fourth-order valence-corrected chi connectivity index (χ4v) is 2.23. The minimum atomic E-state index is -0.788. The zero-order valence-electron chi connectivity index (χ0n) is 11.4. The van der Waals surface area contributed by atoms with Crippen LogP contribution in [0.15, 0.2) is 18.2 Å². The van der Waals surface area contributed by atoms with E-state index in [0.29, 0.717) is 13.0 Å². The summed E-state index contributed by atoms with van der Waals surface area (Å²) in [4.78, 5) is 0. The first kappa shape index (κ1) is 15.7. The van der Waals surface area contributed by atoms with Crippen LogP contribution in [0.5, 0.6) is 5.75 Å². The highest BCUT2D eigenvalue weighted by Crippen LogP contribution is 2.30. The van der Waals surface area contributed by atoms with Crippen molar-refractivity contribution in [2.45, 2.75) is 46.0 Å². The van der Waals surface area contributed by atoms with Gasteiger partial charge in [0.1, 0.15) is 5.75 Å². The molecule has 0 aliphatic carbocycles. The number of rotatable bonds is 6. The van der Waals surface area contributed by atoms with E-state index >= 15 is 0 Å². The molecule has 0 amide bonds. The molecule has 0 radical (unpaired) electrons. The third-order valence-corrected chi connectivity index (χ3v) is 3.78. The molecule has 18 heavy (non-hydrogen) atoms. The largest absolute Gasteiger partial charge is 0.464 e. The Morgan fingerprint density at radius 1 is 1.39 bits per heavy atom. The second kappa shape index (κ2) is 6.73. The average Bonchev–Trinajstić information content (AvgIpc) is 2.32. The lowest BCUT2D eigenvalue weighted by atomic mass is 9.93. The SMILES string of the molecule is CCOC(C)Oc1ccc(C(C)(O)CC)cc1I. The standard InChI is InChI=1S/C14H21IO3/c1-5-14(4,16)11-7-8-13(12(15)9-11)18-10(3)17-6-2/h7-10,16H,5-6H2,1-4H3. The Labute approximate surface area is 123 Å². The predicted molar refractivity (Wildman–Crippen MR) is 80.7 cm³/mol. The summed E-state index contributed by atoms with van der Waals surface area (Å²) in [6, 6.07) is 5.74. The monoisotopic (exact) mass is 364 g/mol. The van der Waals surface area contributed by atoms with Crippen LogP contribution < -0.4 is 4.74 Å². The van der Waals surface area contributed by atoms with Crippen molar-refractivity contribution in [3.63, 3.8) is 0 Å². The topological polar surface area (TPSA) is 38.7 Å². The van der Waals surface area contributed by atoms with E-state index in [2.05, 4.69) is 22.6 Å². The maximum Gasteiger partial charge on any atom is 0.197 e. The van der Waals surface area contributed by atoms with Crippen molar-refractivity contribution in [1.82, 2.24) is 0 Å². The van der Waals surface area contributed by atoms with E-state index in [1.807, 2.05) is 45.9 Å². The highest BCUT2D eigenvalue weighted by molar-refractivity contribution is 14.1. The van der Waals surface area contributed by atoms with E-state index in [1.165, 1.54) is 0 Å². The van der Waals surface area contributed by atoms with Crippen molar-refractivity contribution < 1.29 is 14.6 Å². The van der Waals surface area contributed by atoms with Gasteiger partial charge >= 0.3 is 0 Å². The van der Waals surface area contributed by atoms with Gasteiger partial charge in [-0.05, 0) is 67.5 Å². The van der Waals surface area contributed by atoms with E-state index in [9.17, 15) is 5.11 Å². The quantitative estimate of drug-likeness (QED) is 0.618. The molecule has 1 aromatic rings. The number of ether oxygens (including phenoxy) is 2. The number of halogens is 1. The highest BCUT2D eigenvalue weighted by Gasteiger charge is 2.21. The number of aliphatic hydroxyl groups is 1. The molecule has 0 aliphatic heterocycles. The second-order valence-electron chi connectivity index (χ2n) is 4.41. The summed E-state index contributed by atoms with van der Waals surface area (Å²) in [5, 5.41) is 10.2. The molecule has 0 aliphatic rings. The van der Waals surface area contributed by atoms with Gasteiger partial charge in [-0.25, -0.2) is 0 Å². The molecule has 3 nitrogen and oxygen atoms in total. The zero-order valence-corrected chi connectivity index (χ0v) is 13.5. The first-order chi connectivity index (χ1) is 8.40. The molecule has 1 aromatic carbocycles. The van der Waals surface area contributed by atoms with Gasteiger partial charge in [0.15, 0.2) is 6.29 Å². The minimum absolute atomic E-state index is 0.263. The third-order valence-electron chi connectivity index (χ3n) is 2.94. The molecule has 2 unspecified atom stereocenters. The molecule has 0 bridgehead atoms. The van der Waals surface area contributed by atoms with Crippen LogP contribution in [-0.4, -0.2) is 18.0 Å². The van der Waals surface area contributed by atoms with Crippen LogP contribution in [0.2, 0.25) is 0 Å². The summed E-state index contributed by atoms with van der Waals surface area (Å²) in [5.41, 5.74) is 0.120. The van der Waals surface area contributed by atoms with Gasteiger partial charge in [0.2, 0.25) is 0 Å². The van der Waals surface area contributed by atoms with Gasteiger partial charge in [-0.1, -0.05) is 13.0 Å². The lowest BCUT2D eigenvalue weighted by molar-refractivity contribution is -0.0618. The average molecular weight is 364 g/mol. The Bertz CT molecular complexity index is 391. The Kier molecular flexibility index (Phi) is 5.88. The summed E-state index contributed by atoms with van der Waals surface area (Å²) in [7, 11) is 0. The highest BCUT2D eigenvalue weighted by atomic mass is 127. The molecule has 102 valence electrons. The van der Waals surface area contributed by atoms with Crippen LogP contribution in [0.4, 0.5) is 0 Å². The molecular weight excluding hydrogens is 343 g/mol. The molecule has 0 saturated carbocycles. The summed E-state index contributed by atoms with van der Waals surface area (Å²) in [6.07, 6.45) is 0.416. The molecule has 1 N–H and O–H groups in total. The van der Waals surface area contributed by atoms with Gasteiger partial charge in [0, 0.05) is 6.61 Å². The van der Waals surface area contributed by atoms with E-state index < -0.39 is 5.60 Å². The van der Waals surface area contributed by atoms with Gasteiger partial charge in [-0.3, -0.25) is 0 Å². The van der Waals surface area contributed by atoms with E-state index in [4.69, 9.17) is 9.47 Å². The van der Waals surface area contributed by atoms with Crippen molar-refractivity contribution in [2.75, 3.05) is 6.61 Å². The number of hydrogen-bond donors (Lipinski definition) is 1. The predicted octanol–water partition coefficient (Wildman–Crippen LogP) is 3.67. The molecule has 0 fully saturated rings. The minimum Gasteiger partial charge on any atom is -0.464 e. The first-order valence-electron chi connectivity index (χ1n) is 6.21. The van der Waals surface area contributed by atoms with Crippen molar-refractivity contribution in [2.24, 2.45) is 0 Å². The van der Waals surface area contributed by atoms with Gasteiger partial charge < -0.3 is 14.6 Å². The van der Waals surface area contributed by atoms with Gasteiger partial charge in [-0.2, -0.15) is 0 Å². The van der Waals surface area contributed by atoms with Crippen LogP contribution in [-0.2, 0) is 10.3 Å². The molecule has 0 saturated heterocycles. The maximum absolute atomic E-state index is 10.2. The third kappa shape index (κ3) is 4.10. The fraction of sp³-hybridized carbons (Fsp3) is 0.571. The maximum atomic E-state index is 10.2. The van der Waals surface area contributed by atoms with Gasteiger partial charge in [0.05, 0.1) is 9.17 Å². The molecule has 0 spiro atoms. The van der Waals surface area contributed by atoms with Gasteiger partial charge in [-0.15, -0.1) is 0 Å². The van der Waals surface area contributed by atoms with Crippen molar-refractivity contribution >= 4 is 22.6 Å². The Morgan fingerprint density at radius 2 is 2.06 bits per heavy atom. The summed E-state index contributed by atoms with van der Waals surface area (Å²) in [5.74, 6) is 0.784. The molecule has 1 rings (SSSR count). The number of benzene rings is 1. The number of hydrogen-bond acceptors (Lipinski definition) is 3. The molecule has 4 heteroatoms. The Hall–Kier alpha value is -0.330. The fourth-order valence-electron chi connectivity index (χ4n) is 1.58. The summed E-state index contributed by atoms with van der Waals surface area (Å²) >= 11 is 2.21. The molecule has 0 heterocycles. The summed E-state index contributed by atoms with van der Waals surface area (Å²) in [6.45, 7) is 8.22. The molecule has 0 aromatic heterocycles. The van der Waals surface area contributed by atoms with Crippen LogP contribution >= 0.6 is 22.6 Å². The first-order valence-corrected chi connectivity index (χ1v) is 7.29.